The molecule has 134 valence electrons. The minimum absolute atomic E-state index is 0.308. The van der Waals surface area contributed by atoms with Gasteiger partial charge in [-0.05, 0) is 18.9 Å². The van der Waals surface area contributed by atoms with Gasteiger partial charge in [0, 0.05) is 25.1 Å². The molecule has 1 aromatic carbocycles. The highest BCUT2D eigenvalue weighted by Gasteiger charge is 2.21. The zero-order valence-electron chi connectivity index (χ0n) is 14.5. The summed E-state index contributed by atoms with van der Waals surface area (Å²) >= 11 is 6.05. The van der Waals surface area contributed by atoms with Gasteiger partial charge >= 0.3 is 0 Å². The number of carbonyl (C=O) groups is 1. The number of methoxy groups -OCH3 is 1. The van der Waals surface area contributed by atoms with E-state index >= 15 is 0 Å². The summed E-state index contributed by atoms with van der Waals surface area (Å²) in [6, 6.07) is 5.02. The van der Waals surface area contributed by atoms with Crippen LogP contribution < -0.4 is 15.8 Å². The van der Waals surface area contributed by atoms with Gasteiger partial charge in [0.05, 0.1) is 29.1 Å². The van der Waals surface area contributed by atoms with Crippen molar-refractivity contribution in [3.8, 4) is 5.75 Å². The highest BCUT2D eigenvalue weighted by atomic mass is 35.5. The Bertz CT molecular complexity index is 782. The minimum Gasteiger partial charge on any atom is -0.496 e. The van der Waals surface area contributed by atoms with Crippen molar-refractivity contribution in [1.29, 1.82) is 0 Å². The number of anilines is 2. The van der Waals surface area contributed by atoms with Crippen LogP contribution in [0.3, 0.4) is 0 Å². The lowest BCUT2D eigenvalue weighted by Crippen LogP contribution is -2.15. The number of amides is 1. The van der Waals surface area contributed by atoms with E-state index in [1.807, 2.05) is 13.1 Å². The molecule has 7 heteroatoms. The number of benzene rings is 1. The maximum absolute atomic E-state index is 12.7. The van der Waals surface area contributed by atoms with Gasteiger partial charge in [0.25, 0.3) is 5.91 Å². The van der Waals surface area contributed by atoms with Crippen molar-refractivity contribution in [3.63, 3.8) is 0 Å². The van der Waals surface area contributed by atoms with E-state index in [0.29, 0.717) is 33.8 Å². The van der Waals surface area contributed by atoms with Crippen LogP contribution in [0.5, 0.6) is 5.75 Å². The molecule has 0 saturated heterocycles. The first-order valence-corrected chi connectivity index (χ1v) is 8.85. The molecule has 0 atom stereocenters. The molecule has 0 unspecified atom stereocenters. The molecule has 1 aliphatic carbocycles. The number of nitrogens with two attached hydrogens (primary N) is 1. The zero-order chi connectivity index (χ0) is 18.0. The third-order valence-electron chi connectivity index (χ3n) is 4.73. The van der Waals surface area contributed by atoms with Crippen molar-refractivity contribution in [2.75, 3.05) is 18.2 Å². The SMILES string of the molecule is COc1cc(N)c(Cl)cc1C(=O)Nc1cc(C2CCCCC2)nn1C. The van der Waals surface area contributed by atoms with Crippen molar-refractivity contribution >= 4 is 29.0 Å². The van der Waals surface area contributed by atoms with Crippen molar-refractivity contribution in [3.05, 3.63) is 34.5 Å². The molecular weight excluding hydrogens is 340 g/mol. The summed E-state index contributed by atoms with van der Waals surface area (Å²) in [6.07, 6.45) is 6.09. The molecule has 0 spiro atoms. The third kappa shape index (κ3) is 3.74. The molecule has 6 nitrogen and oxygen atoms in total. The Hall–Kier alpha value is -2.21. The van der Waals surface area contributed by atoms with Crippen molar-refractivity contribution in [2.45, 2.75) is 38.0 Å². The molecule has 0 radical (unpaired) electrons. The summed E-state index contributed by atoms with van der Waals surface area (Å²) in [5, 5.41) is 7.79. The number of nitrogens with one attached hydrogen (secondary N) is 1. The van der Waals surface area contributed by atoms with Gasteiger partial charge < -0.3 is 15.8 Å². The quantitative estimate of drug-likeness (QED) is 0.806. The Morgan fingerprint density at radius 3 is 2.72 bits per heavy atom. The van der Waals surface area contributed by atoms with Crippen LogP contribution in [-0.2, 0) is 7.05 Å². The summed E-state index contributed by atoms with van der Waals surface area (Å²) in [5.41, 5.74) is 7.52. The molecule has 0 aliphatic heterocycles. The molecule has 1 fully saturated rings. The van der Waals surface area contributed by atoms with E-state index in [1.165, 1.54) is 32.4 Å². The van der Waals surface area contributed by atoms with Gasteiger partial charge in [0.15, 0.2) is 0 Å². The number of hydrogen-bond donors (Lipinski definition) is 2. The summed E-state index contributed by atoms with van der Waals surface area (Å²) < 4.78 is 6.95. The minimum atomic E-state index is -0.308. The van der Waals surface area contributed by atoms with E-state index < -0.39 is 0 Å². The topological polar surface area (TPSA) is 82.2 Å². The van der Waals surface area contributed by atoms with E-state index in [1.54, 1.807) is 10.7 Å². The fraction of sp³-hybridized carbons (Fsp3) is 0.444. The molecule has 2 aromatic rings. The maximum atomic E-state index is 12.7. The third-order valence-corrected chi connectivity index (χ3v) is 5.05. The van der Waals surface area contributed by atoms with Crippen LogP contribution in [0.25, 0.3) is 0 Å². The number of nitrogens with zero attached hydrogens (tertiary/aromatic N) is 2. The van der Waals surface area contributed by atoms with Crippen LogP contribution in [-0.4, -0.2) is 22.8 Å². The lowest BCUT2D eigenvalue weighted by molar-refractivity contribution is 0.102. The van der Waals surface area contributed by atoms with Crippen LogP contribution >= 0.6 is 11.6 Å². The van der Waals surface area contributed by atoms with Gasteiger partial charge in [0.2, 0.25) is 0 Å². The zero-order valence-corrected chi connectivity index (χ0v) is 15.3. The molecule has 1 saturated carbocycles. The number of halogens is 1. The van der Waals surface area contributed by atoms with E-state index in [0.717, 1.165) is 18.5 Å². The van der Waals surface area contributed by atoms with Gasteiger partial charge in [0.1, 0.15) is 11.6 Å². The van der Waals surface area contributed by atoms with Crippen LogP contribution in [0.15, 0.2) is 18.2 Å². The van der Waals surface area contributed by atoms with E-state index in [-0.39, 0.29) is 5.91 Å². The average Bonchev–Trinajstić information content (AvgIpc) is 2.98. The molecule has 25 heavy (non-hydrogen) atoms. The number of aromatic nitrogens is 2. The van der Waals surface area contributed by atoms with Crippen LogP contribution in [0.4, 0.5) is 11.5 Å². The number of aryl methyl sites for hydroxylation is 1. The van der Waals surface area contributed by atoms with Crippen molar-refractivity contribution < 1.29 is 9.53 Å². The number of nitrogen functional groups attached to an aromatic ring is 1. The summed E-state index contributed by atoms with van der Waals surface area (Å²) in [6.45, 7) is 0. The average molecular weight is 363 g/mol. The van der Waals surface area contributed by atoms with Crippen molar-refractivity contribution in [1.82, 2.24) is 9.78 Å². The van der Waals surface area contributed by atoms with Gasteiger partial charge in [-0.25, -0.2) is 0 Å². The van der Waals surface area contributed by atoms with E-state index in [9.17, 15) is 4.79 Å². The summed E-state index contributed by atoms with van der Waals surface area (Å²) in [4.78, 5) is 12.7. The van der Waals surface area contributed by atoms with Crippen LogP contribution in [0.1, 0.15) is 54.1 Å². The second-order valence-electron chi connectivity index (χ2n) is 6.44. The van der Waals surface area contributed by atoms with Gasteiger partial charge in [-0.15, -0.1) is 0 Å². The molecule has 1 heterocycles. The highest BCUT2D eigenvalue weighted by Crippen LogP contribution is 2.33. The Morgan fingerprint density at radius 1 is 1.32 bits per heavy atom. The summed E-state index contributed by atoms with van der Waals surface area (Å²) in [7, 11) is 3.32. The lowest BCUT2D eigenvalue weighted by atomic mass is 9.87. The molecule has 1 aliphatic rings. The molecular formula is C18H23ClN4O2. The Labute approximate surface area is 152 Å². The number of carbonyl (C=O) groups excluding carboxylic acids is 1. The van der Waals surface area contributed by atoms with E-state index in [2.05, 4.69) is 10.4 Å². The highest BCUT2D eigenvalue weighted by molar-refractivity contribution is 6.33. The molecule has 3 rings (SSSR count). The Kier molecular flexibility index (Phi) is 5.18. The first-order valence-electron chi connectivity index (χ1n) is 8.48. The fourth-order valence-electron chi connectivity index (χ4n) is 3.30. The molecule has 0 bridgehead atoms. The molecule has 3 N–H and O–H groups in total. The predicted molar refractivity (Wildman–Crippen MR) is 99.4 cm³/mol. The number of hydrogen-bond acceptors (Lipinski definition) is 4. The Morgan fingerprint density at radius 2 is 2.04 bits per heavy atom. The second kappa shape index (κ2) is 7.35. The van der Waals surface area contributed by atoms with Crippen LogP contribution in [0.2, 0.25) is 5.02 Å². The second-order valence-corrected chi connectivity index (χ2v) is 6.85. The molecule has 1 amide bonds. The maximum Gasteiger partial charge on any atom is 0.260 e. The lowest BCUT2D eigenvalue weighted by Gasteiger charge is -2.19. The monoisotopic (exact) mass is 362 g/mol. The number of ether oxygens (including phenoxy) is 1. The van der Waals surface area contributed by atoms with Crippen molar-refractivity contribution in [2.24, 2.45) is 7.05 Å². The first kappa shape index (κ1) is 17.6. The smallest absolute Gasteiger partial charge is 0.260 e. The fourth-order valence-corrected chi connectivity index (χ4v) is 3.47. The van der Waals surface area contributed by atoms with Gasteiger partial charge in [-0.1, -0.05) is 30.9 Å². The molecule has 1 aromatic heterocycles. The van der Waals surface area contributed by atoms with Gasteiger partial charge in [-0.3, -0.25) is 9.48 Å². The largest absolute Gasteiger partial charge is 0.496 e. The predicted octanol–water partition coefficient (Wildman–Crippen LogP) is 3.96. The van der Waals surface area contributed by atoms with Crippen LogP contribution in [0, 0.1) is 0 Å². The number of rotatable bonds is 4. The normalized spacial score (nSPS) is 15.2. The Balaban J connectivity index is 1.81. The van der Waals surface area contributed by atoms with Gasteiger partial charge in [-0.2, -0.15) is 5.10 Å². The first-order chi connectivity index (χ1) is 12.0. The van der Waals surface area contributed by atoms with E-state index in [4.69, 9.17) is 22.1 Å². The standard InChI is InChI=1S/C18H23ClN4O2/c1-23-17(10-15(22-23)11-6-4-3-5-7-11)21-18(24)12-8-13(19)14(20)9-16(12)25-2/h8-11H,3-7,20H2,1-2H3,(H,21,24). The summed E-state index contributed by atoms with van der Waals surface area (Å²) in [5.74, 6) is 1.21.